The molecule has 0 saturated heterocycles. The van der Waals surface area contributed by atoms with Gasteiger partial charge in [0.15, 0.2) is 0 Å². The van der Waals surface area contributed by atoms with Crippen LogP contribution in [0.15, 0.2) is 84.9 Å². The van der Waals surface area contributed by atoms with Gasteiger partial charge in [0.05, 0.1) is 0 Å². The highest BCUT2D eigenvalue weighted by Gasteiger charge is 2.08. The van der Waals surface area contributed by atoms with Gasteiger partial charge in [-0.1, -0.05) is 60.7 Å². The maximum absolute atomic E-state index is 3.57. The average molecular weight is 378 g/mol. The predicted molar refractivity (Wildman–Crippen MR) is 126 cm³/mol. The highest BCUT2D eigenvalue weighted by molar-refractivity contribution is 5.76. The molecule has 4 rings (SSSR count). The van der Waals surface area contributed by atoms with Gasteiger partial charge in [-0.2, -0.15) is 0 Å². The monoisotopic (exact) mass is 377 g/mol. The van der Waals surface area contributed by atoms with Crippen LogP contribution in [-0.2, 0) is 0 Å². The lowest BCUT2D eigenvalue weighted by atomic mass is 9.95. The summed E-state index contributed by atoms with van der Waals surface area (Å²) in [5, 5.41) is 3.57. The topological polar surface area (TPSA) is 12.0 Å². The molecule has 0 amide bonds. The van der Waals surface area contributed by atoms with Gasteiger partial charge in [0.2, 0.25) is 0 Å². The molecule has 0 atom stereocenters. The number of benzene rings is 4. The first-order chi connectivity index (χ1) is 14.0. The Balaban J connectivity index is 1.60. The molecule has 0 saturated carbocycles. The molecule has 144 valence electrons. The van der Waals surface area contributed by atoms with Crippen molar-refractivity contribution in [3.63, 3.8) is 0 Å². The summed E-state index contributed by atoms with van der Waals surface area (Å²) in [7, 11) is 0. The minimum Gasteiger partial charge on any atom is -0.356 e. The summed E-state index contributed by atoms with van der Waals surface area (Å²) in [5.41, 5.74) is 12.6. The molecule has 0 aliphatic carbocycles. The quantitative estimate of drug-likeness (QED) is 0.380. The van der Waals surface area contributed by atoms with Crippen molar-refractivity contribution >= 4 is 11.4 Å². The molecule has 0 radical (unpaired) electrons. The van der Waals surface area contributed by atoms with Gasteiger partial charge in [0, 0.05) is 11.4 Å². The number of hydrogen-bond acceptors (Lipinski definition) is 1. The van der Waals surface area contributed by atoms with Crippen LogP contribution < -0.4 is 5.32 Å². The van der Waals surface area contributed by atoms with Crippen LogP contribution in [0, 0.1) is 27.7 Å². The van der Waals surface area contributed by atoms with E-state index < -0.39 is 0 Å². The van der Waals surface area contributed by atoms with E-state index in [0.29, 0.717) is 0 Å². The number of aryl methyl sites for hydroxylation is 4. The van der Waals surface area contributed by atoms with Gasteiger partial charge in [0.25, 0.3) is 0 Å². The molecule has 1 heteroatoms. The highest BCUT2D eigenvalue weighted by atomic mass is 14.9. The number of nitrogens with one attached hydrogen (secondary N) is 1. The zero-order valence-electron chi connectivity index (χ0n) is 17.6. The lowest BCUT2D eigenvalue weighted by molar-refractivity contribution is 1.39. The standard InChI is InChI=1S/C28H27N/c1-19-9-5-7-11-25(19)27-15-13-23(17-21(27)3)29-24-14-16-28(22(4)18-24)26-12-8-6-10-20(26)2/h5-18,29H,1-4H3. The summed E-state index contributed by atoms with van der Waals surface area (Å²) in [6.45, 7) is 8.69. The van der Waals surface area contributed by atoms with E-state index in [-0.39, 0.29) is 0 Å². The fourth-order valence-electron chi connectivity index (χ4n) is 4.00. The van der Waals surface area contributed by atoms with Crippen LogP contribution in [0.3, 0.4) is 0 Å². The Morgan fingerprint density at radius 2 is 0.793 bits per heavy atom. The molecule has 0 aromatic heterocycles. The van der Waals surface area contributed by atoms with Crippen molar-refractivity contribution < 1.29 is 0 Å². The molecule has 1 nitrogen and oxygen atoms in total. The van der Waals surface area contributed by atoms with E-state index in [1.54, 1.807) is 0 Å². The lowest BCUT2D eigenvalue weighted by Crippen LogP contribution is -1.94. The van der Waals surface area contributed by atoms with E-state index in [1.807, 2.05) is 0 Å². The normalized spacial score (nSPS) is 10.8. The average Bonchev–Trinajstić information content (AvgIpc) is 2.70. The van der Waals surface area contributed by atoms with E-state index in [4.69, 9.17) is 0 Å². The molecule has 0 fully saturated rings. The number of anilines is 2. The fraction of sp³-hybridized carbons (Fsp3) is 0.143. The Labute approximate surface area is 174 Å². The molecule has 29 heavy (non-hydrogen) atoms. The maximum Gasteiger partial charge on any atom is 0.0387 e. The smallest absolute Gasteiger partial charge is 0.0387 e. The third-order valence-corrected chi connectivity index (χ3v) is 5.61. The first-order valence-corrected chi connectivity index (χ1v) is 10.1. The SMILES string of the molecule is Cc1ccccc1-c1ccc(Nc2ccc(-c3ccccc3C)c(C)c2)cc1C. The van der Waals surface area contributed by atoms with Crippen molar-refractivity contribution in [3.05, 3.63) is 107 Å². The van der Waals surface area contributed by atoms with Gasteiger partial charge in [-0.15, -0.1) is 0 Å². The van der Waals surface area contributed by atoms with E-state index in [1.165, 1.54) is 44.5 Å². The Morgan fingerprint density at radius 3 is 1.17 bits per heavy atom. The molecule has 4 aromatic carbocycles. The van der Waals surface area contributed by atoms with E-state index in [9.17, 15) is 0 Å². The minimum atomic E-state index is 1.11. The van der Waals surface area contributed by atoms with Crippen LogP contribution in [0.5, 0.6) is 0 Å². The van der Waals surface area contributed by atoms with Crippen molar-refractivity contribution in [1.29, 1.82) is 0 Å². The molecular weight excluding hydrogens is 350 g/mol. The molecule has 0 bridgehead atoms. The molecule has 0 heterocycles. The van der Waals surface area contributed by atoms with Crippen molar-refractivity contribution in [1.82, 2.24) is 0 Å². The van der Waals surface area contributed by atoms with Crippen LogP contribution in [0.25, 0.3) is 22.3 Å². The summed E-state index contributed by atoms with van der Waals surface area (Å²) in [5.74, 6) is 0. The van der Waals surface area contributed by atoms with Crippen molar-refractivity contribution in [2.75, 3.05) is 5.32 Å². The summed E-state index contributed by atoms with van der Waals surface area (Å²) in [6.07, 6.45) is 0. The molecule has 4 aromatic rings. The summed E-state index contributed by atoms with van der Waals surface area (Å²) in [4.78, 5) is 0. The predicted octanol–water partition coefficient (Wildman–Crippen LogP) is 8.00. The van der Waals surface area contributed by atoms with Gasteiger partial charge in [0.1, 0.15) is 0 Å². The van der Waals surface area contributed by atoms with E-state index >= 15 is 0 Å². The molecular formula is C28H27N. The first kappa shape index (κ1) is 19.0. The first-order valence-electron chi connectivity index (χ1n) is 10.1. The summed E-state index contributed by atoms with van der Waals surface area (Å²) < 4.78 is 0. The van der Waals surface area contributed by atoms with Crippen molar-refractivity contribution in [2.24, 2.45) is 0 Å². The lowest BCUT2D eigenvalue weighted by Gasteiger charge is -2.14. The van der Waals surface area contributed by atoms with Gasteiger partial charge in [-0.05, 0) is 96.5 Å². The van der Waals surface area contributed by atoms with Gasteiger partial charge < -0.3 is 5.32 Å². The molecule has 0 unspecified atom stereocenters. The molecule has 0 aliphatic rings. The number of hydrogen-bond donors (Lipinski definition) is 1. The Hall–Kier alpha value is -3.32. The van der Waals surface area contributed by atoms with E-state index in [0.717, 1.165) is 11.4 Å². The molecule has 0 aliphatic heterocycles. The Morgan fingerprint density at radius 1 is 0.414 bits per heavy atom. The molecule has 0 spiro atoms. The zero-order chi connectivity index (χ0) is 20.4. The zero-order valence-corrected chi connectivity index (χ0v) is 17.6. The second-order valence-electron chi connectivity index (χ2n) is 7.81. The fourth-order valence-corrected chi connectivity index (χ4v) is 4.00. The maximum atomic E-state index is 3.57. The minimum absolute atomic E-state index is 1.11. The van der Waals surface area contributed by atoms with Crippen molar-refractivity contribution in [3.8, 4) is 22.3 Å². The number of rotatable bonds is 4. The third kappa shape index (κ3) is 3.95. The van der Waals surface area contributed by atoms with Gasteiger partial charge >= 0.3 is 0 Å². The summed E-state index contributed by atoms with van der Waals surface area (Å²) >= 11 is 0. The second kappa shape index (κ2) is 7.97. The van der Waals surface area contributed by atoms with Crippen LogP contribution in [0.1, 0.15) is 22.3 Å². The van der Waals surface area contributed by atoms with Crippen LogP contribution in [0.2, 0.25) is 0 Å². The molecule has 1 N–H and O–H groups in total. The van der Waals surface area contributed by atoms with Crippen LogP contribution in [-0.4, -0.2) is 0 Å². The highest BCUT2D eigenvalue weighted by Crippen LogP contribution is 2.32. The van der Waals surface area contributed by atoms with Gasteiger partial charge in [-0.3, -0.25) is 0 Å². The van der Waals surface area contributed by atoms with Crippen LogP contribution >= 0.6 is 0 Å². The van der Waals surface area contributed by atoms with E-state index in [2.05, 4.69) is 118 Å². The second-order valence-corrected chi connectivity index (χ2v) is 7.81. The largest absolute Gasteiger partial charge is 0.356 e. The Kier molecular flexibility index (Phi) is 5.22. The van der Waals surface area contributed by atoms with Crippen molar-refractivity contribution in [2.45, 2.75) is 27.7 Å². The summed E-state index contributed by atoms with van der Waals surface area (Å²) in [6, 6.07) is 30.3. The Bertz CT molecular complexity index is 1080. The third-order valence-electron chi connectivity index (χ3n) is 5.61. The van der Waals surface area contributed by atoms with Gasteiger partial charge in [-0.25, -0.2) is 0 Å². The van der Waals surface area contributed by atoms with Crippen LogP contribution in [0.4, 0.5) is 11.4 Å².